The standard InChI is InChI=1S/C16H16F3N5O2/c1-24-12(8-13(23-24)16(17,18)19)9-2-4-10(5-3-9)21-15(26)22-11-6-7-20-14(11)25/h2-5,8,11H,6-7H2,1H3,(H,20,25)(H2,21,22,26)/t11-/m1/s1. The van der Waals surface area contributed by atoms with Gasteiger partial charge in [0, 0.05) is 19.3 Å². The third kappa shape index (κ3) is 3.79. The largest absolute Gasteiger partial charge is 0.435 e. The number of aryl methyl sites for hydroxylation is 1. The van der Waals surface area contributed by atoms with Gasteiger partial charge in [-0.2, -0.15) is 18.3 Å². The number of nitrogens with one attached hydrogen (secondary N) is 3. The van der Waals surface area contributed by atoms with E-state index in [4.69, 9.17) is 0 Å². The van der Waals surface area contributed by atoms with Gasteiger partial charge in [0.1, 0.15) is 6.04 Å². The summed E-state index contributed by atoms with van der Waals surface area (Å²) in [4.78, 5) is 23.3. The summed E-state index contributed by atoms with van der Waals surface area (Å²) in [5, 5.41) is 11.2. The highest BCUT2D eigenvalue weighted by Crippen LogP contribution is 2.31. The molecule has 1 aromatic heterocycles. The van der Waals surface area contributed by atoms with Crippen LogP contribution in [0.3, 0.4) is 0 Å². The van der Waals surface area contributed by atoms with Gasteiger partial charge < -0.3 is 16.0 Å². The van der Waals surface area contributed by atoms with Crippen LogP contribution in [-0.2, 0) is 18.0 Å². The molecule has 1 fully saturated rings. The van der Waals surface area contributed by atoms with E-state index in [1.165, 1.54) is 7.05 Å². The molecule has 10 heteroatoms. The molecule has 0 saturated carbocycles. The second kappa shape index (κ2) is 6.70. The number of nitrogens with zero attached hydrogens (tertiary/aromatic N) is 2. The number of amides is 3. The van der Waals surface area contributed by atoms with Gasteiger partial charge in [0.05, 0.1) is 5.69 Å². The Bertz CT molecular complexity index is 829. The van der Waals surface area contributed by atoms with Crippen LogP contribution >= 0.6 is 0 Å². The Balaban J connectivity index is 1.68. The maximum absolute atomic E-state index is 12.7. The van der Waals surface area contributed by atoms with Crippen LogP contribution in [0.4, 0.5) is 23.7 Å². The Hall–Kier alpha value is -3.04. The number of aromatic nitrogens is 2. The first kappa shape index (κ1) is 17.8. The molecule has 2 heterocycles. The van der Waals surface area contributed by atoms with Crippen LogP contribution in [0.25, 0.3) is 11.3 Å². The molecular formula is C16H16F3N5O2. The van der Waals surface area contributed by atoms with Crippen molar-refractivity contribution in [2.45, 2.75) is 18.6 Å². The Morgan fingerprint density at radius 2 is 2.00 bits per heavy atom. The van der Waals surface area contributed by atoms with Crippen molar-refractivity contribution >= 4 is 17.6 Å². The van der Waals surface area contributed by atoms with E-state index in [9.17, 15) is 22.8 Å². The summed E-state index contributed by atoms with van der Waals surface area (Å²) in [6.07, 6.45) is -3.99. The minimum atomic E-state index is -4.51. The highest BCUT2D eigenvalue weighted by Gasteiger charge is 2.34. The number of hydrogen-bond acceptors (Lipinski definition) is 3. The van der Waals surface area contributed by atoms with Gasteiger partial charge in [-0.25, -0.2) is 4.79 Å². The Kier molecular flexibility index (Phi) is 4.58. The van der Waals surface area contributed by atoms with Gasteiger partial charge in [0.2, 0.25) is 5.91 Å². The lowest BCUT2D eigenvalue weighted by molar-refractivity contribution is -0.141. The number of hydrogen-bond donors (Lipinski definition) is 3. The van der Waals surface area contributed by atoms with Gasteiger partial charge in [-0.3, -0.25) is 9.48 Å². The minimum Gasteiger partial charge on any atom is -0.354 e. The molecule has 138 valence electrons. The number of carbonyl (C=O) groups is 2. The second-order valence-corrected chi connectivity index (χ2v) is 5.84. The fourth-order valence-corrected chi connectivity index (χ4v) is 2.66. The molecule has 3 rings (SSSR count). The monoisotopic (exact) mass is 367 g/mol. The number of rotatable bonds is 3. The molecule has 0 unspecified atom stereocenters. The zero-order valence-corrected chi connectivity index (χ0v) is 13.7. The van der Waals surface area contributed by atoms with Crippen molar-refractivity contribution in [3.63, 3.8) is 0 Å². The zero-order chi connectivity index (χ0) is 18.9. The molecule has 7 nitrogen and oxygen atoms in total. The van der Waals surface area contributed by atoms with Crippen LogP contribution in [0.2, 0.25) is 0 Å². The molecule has 1 aromatic carbocycles. The van der Waals surface area contributed by atoms with Crippen LogP contribution in [0.1, 0.15) is 12.1 Å². The lowest BCUT2D eigenvalue weighted by Crippen LogP contribution is -2.42. The lowest BCUT2D eigenvalue weighted by atomic mass is 10.1. The Morgan fingerprint density at radius 1 is 1.31 bits per heavy atom. The van der Waals surface area contributed by atoms with E-state index in [1.54, 1.807) is 24.3 Å². The number of carbonyl (C=O) groups excluding carboxylic acids is 2. The third-order valence-electron chi connectivity index (χ3n) is 3.96. The summed E-state index contributed by atoms with van der Waals surface area (Å²) < 4.78 is 39.4. The lowest BCUT2D eigenvalue weighted by Gasteiger charge is -2.11. The van der Waals surface area contributed by atoms with E-state index in [0.29, 0.717) is 29.9 Å². The van der Waals surface area contributed by atoms with E-state index < -0.39 is 23.9 Å². The SMILES string of the molecule is Cn1nc(C(F)(F)F)cc1-c1ccc(NC(=O)N[C@@H]2CCNC2=O)cc1. The molecule has 2 aromatic rings. The number of halogens is 3. The smallest absolute Gasteiger partial charge is 0.354 e. The molecule has 0 bridgehead atoms. The van der Waals surface area contributed by atoms with Crippen LogP contribution in [0.15, 0.2) is 30.3 Å². The molecule has 3 N–H and O–H groups in total. The van der Waals surface area contributed by atoms with Gasteiger partial charge in [0.25, 0.3) is 0 Å². The average molecular weight is 367 g/mol. The topological polar surface area (TPSA) is 88.1 Å². The van der Waals surface area contributed by atoms with E-state index in [1.807, 2.05) is 0 Å². The van der Waals surface area contributed by atoms with E-state index >= 15 is 0 Å². The highest BCUT2D eigenvalue weighted by molar-refractivity contribution is 5.94. The fraction of sp³-hybridized carbons (Fsp3) is 0.312. The van der Waals surface area contributed by atoms with Crippen LogP contribution < -0.4 is 16.0 Å². The number of alkyl halides is 3. The molecule has 0 spiro atoms. The number of benzene rings is 1. The van der Waals surface area contributed by atoms with Crippen molar-refractivity contribution in [2.24, 2.45) is 7.05 Å². The summed E-state index contributed by atoms with van der Waals surface area (Å²) in [5.74, 6) is -0.229. The average Bonchev–Trinajstić information content (AvgIpc) is 3.14. The summed E-state index contributed by atoms with van der Waals surface area (Å²) in [6, 6.07) is 6.15. The van der Waals surface area contributed by atoms with Gasteiger partial charge >= 0.3 is 12.2 Å². The van der Waals surface area contributed by atoms with Crippen molar-refractivity contribution in [1.82, 2.24) is 20.4 Å². The van der Waals surface area contributed by atoms with E-state index in [2.05, 4.69) is 21.0 Å². The number of urea groups is 1. The normalized spacial score (nSPS) is 17.1. The molecule has 3 amide bonds. The highest BCUT2D eigenvalue weighted by atomic mass is 19.4. The van der Waals surface area contributed by atoms with Gasteiger partial charge in [-0.15, -0.1) is 0 Å². The first-order chi connectivity index (χ1) is 12.2. The first-order valence-corrected chi connectivity index (χ1v) is 7.81. The molecule has 1 saturated heterocycles. The quantitative estimate of drug-likeness (QED) is 0.777. The minimum absolute atomic E-state index is 0.229. The van der Waals surface area contributed by atoms with Crippen molar-refractivity contribution in [1.29, 1.82) is 0 Å². The molecular weight excluding hydrogens is 351 g/mol. The van der Waals surface area contributed by atoms with Gasteiger partial charge in [-0.05, 0) is 30.2 Å². The summed E-state index contributed by atoms with van der Waals surface area (Å²) in [6.45, 7) is 0.517. The molecule has 26 heavy (non-hydrogen) atoms. The van der Waals surface area contributed by atoms with Gasteiger partial charge in [-0.1, -0.05) is 12.1 Å². The van der Waals surface area contributed by atoms with Gasteiger partial charge in [0.15, 0.2) is 5.69 Å². The van der Waals surface area contributed by atoms with Crippen molar-refractivity contribution in [2.75, 3.05) is 11.9 Å². The predicted octanol–water partition coefficient (Wildman–Crippen LogP) is 2.12. The summed E-state index contributed by atoms with van der Waals surface area (Å²) in [5.41, 5.74) is 0.307. The Morgan fingerprint density at radius 3 is 2.54 bits per heavy atom. The van der Waals surface area contributed by atoms with Crippen LogP contribution in [-0.4, -0.2) is 34.3 Å². The Labute approximate surface area is 146 Å². The van der Waals surface area contributed by atoms with Crippen molar-refractivity contribution in [3.05, 3.63) is 36.0 Å². The molecule has 0 radical (unpaired) electrons. The van der Waals surface area contributed by atoms with Crippen LogP contribution in [0, 0.1) is 0 Å². The number of anilines is 1. The second-order valence-electron chi connectivity index (χ2n) is 5.84. The molecule has 1 atom stereocenters. The van der Waals surface area contributed by atoms with E-state index in [-0.39, 0.29) is 5.91 Å². The summed E-state index contributed by atoms with van der Waals surface area (Å²) in [7, 11) is 1.43. The summed E-state index contributed by atoms with van der Waals surface area (Å²) >= 11 is 0. The maximum atomic E-state index is 12.7. The molecule has 1 aliphatic heterocycles. The predicted molar refractivity (Wildman–Crippen MR) is 87.2 cm³/mol. The fourth-order valence-electron chi connectivity index (χ4n) is 2.66. The first-order valence-electron chi connectivity index (χ1n) is 7.81. The zero-order valence-electron chi connectivity index (χ0n) is 13.7. The third-order valence-corrected chi connectivity index (χ3v) is 3.96. The van der Waals surface area contributed by atoms with Crippen molar-refractivity contribution < 1.29 is 22.8 Å². The molecule has 1 aliphatic rings. The van der Waals surface area contributed by atoms with Crippen molar-refractivity contribution in [3.8, 4) is 11.3 Å². The molecule has 0 aliphatic carbocycles. The maximum Gasteiger partial charge on any atom is 0.435 e. The van der Waals surface area contributed by atoms with Crippen LogP contribution in [0.5, 0.6) is 0 Å². The van der Waals surface area contributed by atoms with E-state index in [0.717, 1.165) is 10.7 Å².